The number of esters is 1. The first-order valence-corrected chi connectivity index (χ1v) is 17.3. The number of rotatable bonds is 3. The zero-order chi connectivity index (χ0) is 31.9. The van der Waals surface area contributed by atoms with E-state index in [9.17, 15) is 35.1 Å². The first-order chi connectivity index (χ1) is 21.3. The van der Waals surface area contributed by atoms with Crippen molar-refractivity contribution < 1.29 is 39.9 Å². The van der Waals surface area contributed by atoms with Crippen LogP contribution in [0.3, 0.4) is 0 Å². The molecule has 9 heteroatoms. The van der Waals surface area contributed by atoms with Crippen LogP contribution in [-0.4, -0.2) is 86.5 Å². The lowest BCUT2D eigenvalue weighted by molar-refractivity contribution is -0.373. The number of aldehydes is 1. The third kappa shape index (κ3) is 3.36. The maximum Gasteiger partial charge on any atom is 0.331 e. The number of carbonyl (C=O) groups excluding carboxylic acids is 2. The molecule has 0 aromatic heterocycles. The molecule has 1 heterocycles. The number of carbonyl (C=O) groups is 2. The molecular formula is C36H49NO8. The summed E-state index contributed by atoms with van der Waals surface area (Å²) in [4.78, 5) is 26.3. The number of nitrogens with one attached hydrogen (secondary N) is 1. The van der Waals surface area contributed by atoms with Crippen molar-refractivity contribution in [3.8, 4) is 0 Å². The largest absolute Gasteiger partial charge is 0.450 e. The van der Waals surface area contributed by atoms with Crippen molar-refractivity contribution in [3.05, 3.63) is 35.5 Å². The Hall–Kier alpha value is -1.88. The first kappa shape index (κ1) is 30.5. The van der Waals surface area contributed by atoms with Gasteiger partial charge in [-0.05, 0) is 99.1 Å². The normalized spacial score (nSPS) is 57.5. The molecule has 5 saturated carbocycles. The van der Waals surface area contributed by atoms with Gasteiger partial charge >= 0.3 is 5.97 Å². The van der Waals surface area contributed by atoms with Crippen LogP contribution < -0.4 is 5.32 Å². The van der Waals surface area contributed by atoms with Gasteiger partial charge in [0.2, 0.25) is 0 Å². The molecule has 45 heavy (non-hydrogen) atoms. The summed E-state index contributed by atoms with van der Waals surface area (Å²) >= 11 is 0. The van der Waals surface area contributed by atoms with Gasteiger partial charge in [0.25, 0.3) is 0 Å². The predicted octanol–water partition coefficient (Wildman–Crippen LogP) is 1.81. The smallest absolute Gasteiger partial charge is 0.331 e. The summed E-state index contributed by atoms with van der Waals surface area (Å²) in [5.74, 6) is -2.96. The molecule has 0 aromatic rings. The molecule has 16 unspecified atom stereocenters. The third-order valence-electron chi connectivity index (χ3n) is 15.1. The molecule has 9 nitrogen and oxygen atoms in total. The molecule has 0 aromatic carbocycles. The van der Waals surface area contributed by atoms with Gasteiger partial charge in [-0.1, -0.05) is 32.1 Å². The summed E-state index contributed by atoms with van der Waals surface area (Å²) in [6, 6.07) is 0. The van der Waals surface area contributed by atoms with E-state index in [1.165, 1.54) is 0 Å². The summed E-state index contributed by atoms with van der Waals surface area (Å²) in [5, 5.41) is 67.1. The minimum Gasteiger partial charge on any atom is -0.450 e. The van der Waals surface area contributed by atoms with E-state index in [1.54, 1.807) is 6.08 Å². The SMILES string of the molecule is CNCC1=CC2CC3(O)C(C)(CCC4C5(C=O)CCC(O)C6CC7C=CCC(C)C7CC(C(O)C43O)C65O)C2C2=CC(=O)OC12. The third-order valence-corrected chi connectivity index (χ3v) is 15.1. The molecule has 1 aliphatic heterocycles. The average molecular weight is 624 g/mol. The highest BCUT2D eigenvalue weighted by Crippen LogP contribution is 2.76. The van der Waals surface area contributed by atoms with Gasteiger partial charge in [-0.25, -0.2) is 4.79 Å². The van der Waals surface area contributed by atoms with Crippen molar-refractivity contribution >= 4 is 12.3 Å². The van der Waals surface area contributed by atoms with Crippen molar-refractivity contribution in [1.82, 2.24) is 5.32 Å². The van der Waals surface area contributed by atoms with Gasteiger partial charge in [0.1, 0.15) is 23.6 Å². The minimum atomic E-state index is -2.11. The van der Waals surface area contributed by atoms with Crippen LogP contribution in [0.25, 0.3) is 0 Å². The van der Waals surface area contributed by atoms with Crippen LogP contribution in [0.2, 0.25) is 0 Å². The van der Waals surface area contributed by atoms with Crippen LogP contribution in [0.5, 0.6) is 0 Å². The van der Waals surface area contributed by atoms with Crippen LogP contribution in [0.1, 0.15) is 65.2 Å². The van der Waals surface area contributed by atoms with Crippen molar-refractivity contribution in [3.63, 3.8) is 0 Å². The Morgan fingerprint density at radius 1 is 1.07 bits per heavy atom. The van der Waals surface area contributed by atoms with E-state index in [0.29, 0.717) is 38.6 Å². The Morgan fingerprint density at radius 2 is 1.84 bits per heavy atom. The second kappa shape index (κ2) is 9.60. The fourth-order valence-corrected chi connectivity index (χ4v) is 13.3. The molecule has 8 aliphatic rings. The van der Waals surface area contributed by atoms with E-state index >= 15 is 0 Å². The molecule has 6 N–H and O–H groups in total. The summed E-state index contributed by atoms with van der Waals surface area (Å²) in [7, 11) is 1.83. The van der Waals surface area contributed by atoms with Crippen molar-refractivity contribution in [1.29, 1.82) is 0 Å². The number of allylic oxidation sites excluding steroid dienone is 3. The van der Waals surface area contributed by atoms with Crippen molar-refractivity contribution in [2.45, 2.75) is 100 Å². The maximum atomic E-state index is 13.7. The van der Waals surface area contributed by atoms with Gasteiger partial charge in [0, 0.05) is 35.8 Å². The van der Waals surface area contributed by atoms with E-state index in [2.05, 4.69) is 30.5 Å². The summed E-state index contributed by atoms with van der Waals surface area (Å²) in [6.45, 7) is 4.65. The number of fused-ring (bicyclic) bond motifs is 9. The minimum absolute atomic E-state index is 0.0801. The predicted molar refractivity (Wildman–Crippen MR) is 163 cm³/mol. The summed E-state index contributed by atoms with van der Waals surface area (Å²) in [5.41, 5.74) is -6.33. The number of likely N-dealkylation sites (N-methyl/N-ethyl adjacent to an activating group) is 1. The number of hydrogen-bond acceptors (Lipinski definition) is 9. The monoisotopic (exact) mass is 623 g/mol. The number of hydrogen-bond donors (Lipinski definition) is 6. The molecule has 5 fully saturated rings. The van der Waals surface area contributed by atoms with Crippen molar-refractivity contribution in [2.75, 3.05) is 13.6 Å². The zero-order valence-corrected chi connectivity index (χ0v) is 26.6. The molecule has 246 valence electrons. The molecule has 0 amide bonds. The molecular weight excluding hydrogens is 574 g/mol. The lowest BCUT2D eigenvalue weighted by atomic mass is 9.35. The van der Waals surface area contributed by atoms with Crippen LogP contribution in [0.15, 0.2) is 35.5 Å². The second-order valence-electron chi connectivity index (χ2n) is 16.5. The lowest BCUT2D eigenvalue weighted by Gasteiger charge is -2.72. The van der Waals surface area contributed by atoms with Crippen molar-refractivity contribution in [2.24, 2.45) is 58.2 Å². The number of aliphatic hydroxyl groups is 5. The molecule has 8 rings (SSSR count). The van der Waals surface area contributed by atoms with Gasteiger partial charge in [-0.15, -0.1) is 0 Å². The Labute approximate surface area is 264 Å². The average Bonchev–Trinajstić information content (AvgIpc) is 3.44. The van der Waals surface area contributed by atoms with E-state index in [0.717, 1.165) is 23.9 Å². The lowest BCUT2D eigenvalue weighted by Crippen LogP contribution is -2.85. The van der Waals surface area contributed by atoms with Crippen LogP contribution in [0, 0.1) is 58.2 Å². The molecule has 0 bridgehead atoms. The topological polar surface area (TPSA) is 157 Å². The fourth-order valence-electron chi connectivity index (χ4n) is 13.3. The first-order valence-electron chi connectivity index (χ1n) is 17.3. The Balaban J connectivity index is 1.31. The molecule has 16 atom stereocenters. The Kier molecular flexibility index (Phi) is 6.50. The molecule has 0 saturated heterocycles. The summed E-state index contributed by atoms with van der Waals surface area (Å²) in [6.07, 6.45) is 9.10. The highest BCUT2D eigenvalue weighted by Gasteiger charge is 2.84. The Morgan fingerprint density at radius 3 is 2.58 bits per heavy atom. The quantitative estimate of drug-likeness (QED) is 0.157. The van der Waals surface area contributed by atoms with E-state index < -0.39 is 69.7 Å². The van der Waals surface area contributed by atoms with E-state index in [-0.39, 0.29) is 42.4 Å². The molecule has 7 aliphatic carbocycles. The Bertz CT molecular complexity index is 1410. The van der Waals surface area contributed by atoms with Crippen LogP contribution >= 0.6 is 0 Å². The van der Waals surface area contributed by atoms with Gasteiger partial charge in [-0.2, -0.15) is 0 Å². The van der Waals surface area contributed by atoms with Gasteiger partial charge in [0.05, 0.1) is 23.2 Å². The van der Waals surface area contributed by atoms with E-state index in [4.69, 9.17) is 4.74 Å². The van der Waals surface area contributed by atoms with Gasteiger partial charge in [0.15, 0.2) is 0 Å². The molecule has 0 spiro atoms. The van der Waals surface area contributed by atoms with Crippen LogP contribution in [0.4, 0.5) is 0 Å². The maximum absolute atomic E-state index is 13.7. The van der Waals surface area contributed by atoms with E-state index in [1.807, 2.05) is 14.0 Å². The summed E-state index contributed by atoms with van der Waals surface area (Å²) < 4.78 is 5.76. The number of aliphatic hydroxyl groups excluding tert-OH is 2. The fraction of sp³-hybridized carbons (Fsp3) is 0.778. The van der Waals surface area contributed by atoms with Gasteiger partial charge < -0.3 is 40.4 Å². The van der Waals surface area contributed by atoms with Crippen LogP contribution in [-0.2, 0) is 14.3 Å². The zero-order valence-electron chi connectivity index (χ0n) is 26.6. The molecule has 0 radical (unpaired) electrons. The van der Waals surface area contributed by atoms with Gasteiger partial charge in [-0.3, -0.25) is 0 Å². The standard InChI is InChI=1S/C36H49NO8/c1-18-5-4-6-19-12-24-26(39)7-10-33(17-38)27-8-9-32(2)29-20(11-21(16-37-3)30-23(29)14-28(40)45-30)15-34(32,42)36(27,44)31(41)25(13-22(18)19)35(24,33)43/h4,6,11,14,17-20,22,24-27,29-31,37,39,41-44H,5,7-10,12-13,15-16H2,1-3H3. The number of ether oxygens (including phenoxy) is 1. The highest BCUT2D eigenvalue weighted by atomic mass is 16.5. The second-order valence-corrected chi connectivity index (χ2v) is 16.5. The highest BCUT2D eigenvalue weighted by molar-refractivity contribution is 5.87.